The first-order valence-electron chi connectivity index (χ1n) is 7.38. The van der Waals surface area contributed by atoms with Crippen LogP contribution in [0, 0.1) is 11.3 Å². The van der Waals surface area contributed by atoms with Gasteiger partial charge in [0.2, 0.25) is 0 Å². The summed E-state index contributed by atoms with van der Waals surface area (Å²) in [7, 11) is 0. The topological polar surface area (TPSA) is 75.3 Å². The Balaban J connectivity index is 2.10. The first-order chi connectivity index (χ1) is 11.5. The van der Waals surface area contributed by atoms with E-state index in [-0.39, 0.29) is 18.2 Å². The van der Waals surface area contributed by atoms with Gasteiger partial charge < -0.3 is 14.5 Å². The van der Waals surface area contributed by atoms with E-state index in [0.29, 0.717) is 22.1 Å². The summed E-state index contributed by atoms with van der Waals surface area (Å²) >= 11 is 6.16. The van der Waals surface area contributed by atoms with E-state index in [0.717, 1.165) is 0 Å². The van der Waals surface area contributed by atoms with E-state index in [1.165, 1.54) is 12.3 Å². The highest BCUT2D eigenvalue weighted by Gasteiger charge is 2.11. The average molecular weight is 345 g/mol. The molecule has 0 aliphatic carbocycles. The SMILES string of the molecule is CC(C)Oc1ccc(C=C(C#N)C(=O)NCc2ccco2)cc1Cl. The van der Waals surface area contributed by atoms with Crippen molar-refractivity contribution < 1.29 is 13.9 Å². The van der Waals surface area contributed by atoms with Crippen molar-refractivity contribution >= 4 is 23.6 Å². The van der Waals surface area contributed by atoms with Crippen molar-refractivity contribution in [3.63, 3.8) is 0 Å². The Labute approximate surface area is 145 Å². The van der Waals surface area contributed by atoms with Gasteiger partial charge in [-0.1, -0.05) is 17.7 Å². The molecule has 0 unspecified atom stereocenters. The average Bonchev–Trinajstić information content (AvgIpc) is 3.06. The third-order valence-corrected chi connectivity index (χ3v) is 3.29. The molecule has 1 N–H and O–H groups in total. The van der Waals surface area contributed by atoms with Gasteiger partial charge in [0.1, 0.15) is 23.2 Å². The summed E-state index contributed by atoms with van der Waals surface area (Å²) in [5.41, 5.74) is 0.621. The number of furan rings is 1. The standard InChI is InChI=1S/C18H17ClN2O3/c1-12(2)24-17-6-5-13(9-16(17)19)8-14(10-20)18(22)21-11-15-4-3-7-23-15/h3-9,12H,11H2,1-2H3,(H,21,22). The Morgan fingerprint density at radius 3 is 2.83 bits per heavy atom. The monoisotopic (exact) mass is 344 g/mol. The zero-order chi connectivity index (χ0) is 17.5. The lowest BCUT2D eigenvalue weighted by molar-refractivity contribution is -0.117. The number of nitrogens with zero attached hydrogens (tertiary/aromatic N) is 1. The fraction of sp³-hybridized carbons (Fsp3) is 0.222. The van der Waals surface area contributed by atoms with Crippen LogP contribution in [-0.2, 0) is 11.3 Å². The van der Waals surface area contributed by atoms with E-state index < -0.39 is 5.91 Å². The van der Waals surface area contributed by atoms with Gasteiger partial charge in [0.25, 0.3) is 5.91 Å². The molecule has 124 valence electrons. The Hall–Kier alpha value is -2.71. The van der Waals surface area contributed by atoms with Crippen LogP contribution in [0.2, 0.25) is 5.02 Å². The number of nitrogens with one attached hydrogen (secondary N) is 1. The number of nitriles is 1. The predicted octanol–water partition coefficient (Wildman–Crippen LogP) is 3.94. The van der Waals surface area contributed by atoms with E-state index in [2.05, 4.69) is 5.32 Å². The molecular formula is C18H17ClN2O3. The molecule has 24 heavy (non-hydrogen) atoms. The van der Waals surface area contributed by atoms with Gasteiger partial charge in [-0.2, -0.15) is 5.26 Å². The summed E-state index contributed by atoms with van der Waals surface area (Å²) in [4.78, 5) is 12.1. The molecule has 0 aliphatic heterocycles. The van der Waals surface area contributed by atoms with Crippen LogP contribution in [0.5, 0.6) is 5.75 Å². The van der Waals surface area contributed by atoms with Gasteiger partial charge in [0, 0.05) is 0 Å². The fourth-order valence-corrected chi connectivity index (χ4v) is 2.18. The number of hydrogen-bond acceptors (Lipinski definition) is 4. The zero-order valence-electron chi connectivity index (χ0n) is 13.4. The largest absolute Gasteiger partial charge is 0.489 e. The maximum Gasteiger partial charge on any atom is 0.262 e. The molecule has 0 fully saturated rings. The summed E-state index contributed by atoms with van der Waals surface area (Å²) in [5, 5.41) is 12.2. The zero-order valence-corrected chi connectivity index (χ0v) is 14.1. The van der Waals surface area contributed by atoms with Crippen molar-refractivity contribution in [1.82, 2.24) is 5.32 Å². The minimum absolute atomic E-state index is 0.00550. The minimum atomic E-state index is -0.479. The Morgan fingerprint density at radius 1 is 1.46 bits per heavy atom. The first kappa shape index (κ1) is 17.6. The van der Waals surface area contributed by atoms with Crippen molar-refractivity contribution in [3.05, 3.63) is 58.5 Å². The van der Waals surface area contributed by atoms with Crippen molar-refractivity contribution in [2.24, 2.45) is 0 Å². The second kappa shape index (κ2) is 8.23. The molecule has 0 aliphatic rings. The number of benzene rings is 1. The Morgan fingerprint density at radius 2 is 2.25 bits per heavy atom. The smallest absolute Gasteiger partial charge is 0.262 e. The Kier molecular flexibility index (Phi) is 6.05. The number of hydrogen-bond donors (Lipinski definition) is 1. The molecule has 0 saturated heterocycles. The van der Waals surface area contributed by atoms with Crippen LogP contribution >= 0.6 is 11.6 Å². The third-order valence-electron chi connectivity index (χ3n) is 3.00. The van der Waals surface area contributed by atoms with Crippen LogP contribution in [0.25, 0.3) is 6.08 Å². The van der Waals surface area contributed by atoms with Gasteiger partial charge >= 0.3 is 0 Å². The number of rotatable bonds is 6. The predicted molar refractivity (Wildman–Crippen MR) is 91.4 cm³/mol. The number of halogens is 1. The molecule has 1 amide bonds. The molecule has 1 aromatic carbocycles. The van der Waals surface area contributed by atoms with E-state index in [4.69, 9.17) is 20.8 Å². The molecule has 1 aromatic heterocycles. The van der Waals surface area contributed by atoms with E-state index in [9.17, 15) is 10.1 Å². The molecule has 2 aromatic rings. The highest BCUT2D eigenvalue weighted by atomic mass is 35.5. The van der Waals surface area contributed by atoms with Gasteiger partial charge in [-0.05, 0) is 49.8 Å². The lowest BCUT2D eigenvalue weighted by Gasteiger charge is -2.11. The summed E-state index contributed by atoms with van der Waals surface area (Å²) in [5.74, 6) is 0.691. The van der Waals surface area contributed by atoms with E-state index in [1.807, 2.05) is 19.9 Å². The van der Waals surface area contributed by atoms with Crippen LogP contribution in [0.4, 0.5) is 0 Å². The van der Waals surface area contributed by atoms with Gasteiger partial charge in [-0.3, -0.25) is 4.79 Å². The number of ether oxygens (including phenoxy) is 1. The molecular weight excluding hydrogens is 328 g/mol. The van der Waals surface area contributed by atoms with Crippen molar-refractivity contribution in [3.8, 4) is 11.8 Å². The highest BCUT2D eigenvalue weighted by molar-refractivity contribution is 6.32. The molecule has 0 bridgehead atoms. The van der Waals surface area contributed by atoms with Crippen molar-refractivity contribution in [1.29, 1.82) is 5.26 Å². The van der Waals surface area contributed by atoms with Crippen LogP contribution in [-0.4, -0.2) is 12.0 Å². The lowest BCUT2D eigenvalue weighted by atomic mass is 10.1. The quantitative estimate of drug-likeness (QED) is 0.636. The molecule has 1 heterocycles. The second-order valence-electron chi connectivity index (χ2n) is 5.29. The fourth-order valence-electron chi connectivity index (χ4n) is 1.95. The normalized spacial score (nSPS) is 11.2. The van der Waals surface area contributed by atoms with Gasteiger partial charge in [0.15, 0.2) is 0 Å². The first-order valence-corrected chi connectivity index (χ1v) is 7.76. The number of amides is 1. The maximum absolute atomic E-state index is 12.1. The molecule has 2 rings (SSSR count). The summed E-state index contributed by atoms with van der Waals surface area (Å²) in [6.07, 6.45) is 3.00. The number of carbonyl (C=O) groups is 1. The molecule has 5 nitrogen and oxygen atoms in total. The van der Waals surface area contributed by atoms with E-state index in [1.54, 1.807) is 30.3 Å². The molecule has 0 atom stereocenters. The Bertz CT molecular complexity index is 774. The van der Waals surface area contributed by atoms with Crippen LogP contribution in [0.3, 0.4) is 0 Å². The number of carbonyl (C=O) groups excluding carboxylic acids is 1. The van der Waals surface area contributed by atoms with Gasteiger partial charge in [-0.25, -0.2) is 0 Å². The molecule has 6 heteroatoms. The van der Waals surface area contributed by atoms with Crippen molar-refractivity contribution in [2.75, 3.05) is 0 Å². The molecule has 0 radical (unpaired) electrons. The highest BCUT2D eigenvalue weighted by Crippen LogP contribution is 2.27. The minimum Gasteiger partial charge on any atom is -0.489 e. The summed E-state index contributed by atoms with van der Waals surface area (Å²) < 4.78 is 10.7. The van der Waals surface area contributed by atoms with Crippen LogP contribution < -0.4 is 10.1 Å². The van der Waals surface area contributed by atoms with Crippen LogP contribution in [0.1, 0.15) is 25.2 Å². The maximum atomic E-state index is 12.1. The van der Waals surface area contributed by atoms with Gasteiger partial charge in [-0.15, -0.1) is 0 Å². The second-order valence-corrected chi connectivity index (χ2v) is 5.70. The molecule has 0 spiro atoms. The van der Waals surface area contributed by atoms with Gasteiger partial charge in [0.05, 0.1) is 23.9 Å². The lowest BCUT2D eigenvalue weighted by Crippen LogP contribution is -2.23. The van der Waals surface area contributed by atoms with Crippen LogP contribution in [0.15, 0.2) is 46.6 Å². The van der Waals surface area contributed by atoms with E-state index >= 15 is 0 Å². The summed E-state index contributed by atoms with van der Waals surface area (Å²) in [6, 6.07) is 10.5. The summed E-state index contributed by atoms with van der Waals surface area (Å²) in [6.45, 7) is 4.02. The molecule has 0 saturated carbocycles. The third kappa shape index (κ3) is 4.90. The van der Waals surface area contributed by atoms with Crippen molar-refractivity contribution in [2.45, 2.75) is 26.5 Å².